The third-order valence-electron chi connectivity index (χ3n) is 6.32. The van der Waals surface area contributed by atoms with Gasteiger partial charge in [0.25, 0.3) is 0 Å². The molecule has 0 unspecified atom stereocenters. The van der Waals surface area contributed by atoms with Crippen LogP contribution in [-0.4, -0.2) is 43.6 Å². The zero-order chi connectivity index (χ0) is 21.8. The zero-order valence-electron chi connectivity index (χ0n) is 17.9. The number of nitrogens with zero attached hydrogens (tertiary/aromatic N) is 1. The average molecular weight is 443 g/mol. The van der Waals surface area contributed by atoms with E-state index in [2.05, 4.69) is 4.72 Å². The summed E-state index contributed by atoms with van der Waals surface area (Å²) in [5.41, 5.74) is 1.02. The van der Waals surface area contributed by atoms with Crippen molar-refractivity contribution in [1.29, 1.82) is 0 Å². The first kappa shape index (κ1) is 21.8. The number of carbonyl (C=O) groups excluding carboxylic acids is 1. The number of likely N-dealkylation sites (tertiary alicyclic amines) is 1. The molecule has 2 atom stereocenters. The number of benzene rings is 2. The number of ether oxygens (including phenoxy) is 1. The Morgan fingerprint density at radius 3 is 2.48 bits per heavy atom. The Labute approximate surface area is 184 Å². The maximum atomic E-state index is 13.0. The lowest BCUT2D eigenvalue weighted by Crippen LogP contribution is -2.50. The van der Waals surface area contributed by atoms with E-state index in [0.717, 1.165) is 36.3 Å². The number of hydrogen-bond donors (Lipinski definition) is 1. The van der Waals surface area contributed by atoms with Gasteiger partial charge in [-0.15, -0.1) is 0 Å². The Hall–Kier alpha value is -2.38. The van der Waals surface area contributed by atoms with Crippen molar-refractivity contribution in [2.45, 2.75) is 51.1 Å². The molecule has 166 valence electrons. The first-order chi connectivity index (χ1) is 14.9. The summed E-state index contributed by atoms with van der Waals surface area (Å²) in [6, 6.07) is 16.9. The average Bonchev–Trinajstić information content (AvgIpc) is 3.09. The first-order valence-electron chi connectivity index (χ1n) is 11.1. The van der Waals surface area contributed by atoms with E-state index >= 15 is 0 Å². The van der Waals surface area contributed by atoms with Crippen molar-refractivity contribution >= 4 is 15.9 Å². The van der Waals surface area contributed by atoms with Crippen molar-refractivity contribution < 1.29 is 17.9 Å². The van der Waals surface area contributed by atoms with Crippen LogP contribution < -0.4 is 9.46 Å². The molecule has 0 radical (unpaired) electrons. The van der Waals surface area contributed by atoms with Crippen LogP contribution in [0.25, 0.3) is 0 Å². The number of rotatable bonds is 8. The van der Waals surface area contributed by atoms with Gasteiger partial charge in [0.05, 0.1) is 11.8 Å². The third-order valence-corrected chi connectivity index (χ3v) is 7.74. The van der Waals surface area contributed by atoms with Gasteiger partial charge in [-0.3, -0.25) is 4.79 Å². The lowest BCUT2D eigenvalue weighted by Gasteiger charge is -2.34. The van der Waals surface area contributed by atoms with Crippen LogP contribution in [0, 0.1) is 5.92 Å². The fraction of sp³-hybridized carbons (Fsp3) is 0.458. The van der Waals surface area contributed by atoms with Crippen LogP contribution >= 0.6 is 0 Å². The van der Waals surface area contributed by atoms with Gasteiger partial charge in [-0.2, -0.15) is 0 Å². The topological polar surface area (TPSA) is 75.7 Å². The summed E-state index contributed by atoms with van der Waals surface area (Å²) >= 11 is 0. The predicted octanol–water partition coefficient (Wildman–Crippen LogP) is 3.73. The molecule has 2 aromatic carbocycles. The molecule has 2 aliphatic rings. The number of hydrogen-bond acceptors (Lipinski definition) is 4. The monoisotopic (exact) mass is 442 g/mol. The molecule has 7 heteroatoms. The van der Waals surface area contributed by atoms with E-state index in [4.69, 9.17) is 4.74 Å². The standard InChI is InChI=1S/C24H30N2O4S/c1-2-31(28,29)25-22-14-15-26(24(27)19-9-7-10-19)23(22)17-18-8-6-13-21(16-18)30-20-11-4-3-5-12-20/h3-6,8,11-13,16,19,22-23,25H,2,7,9-10,14-15,17H2,1H3/t22-,23-/m1/s1. The maximum Gasteiger partial charge on any atom is 0.225 e. The first-order valence-corrected chi connectivity index (χ1v) is 12.7. The summed E-state index contributed by atoms with van der Waals surface area (Å²) < 4.78 is 33.3. The Kier molecular flexibility index (Phi) is 6.62. The van der Waals surface area contributed by atoms with Crippen LogP contribution in [0.4, 0.5) is 0 Å². The van der Waals surface area contributed by atoms with Crippen molar-refractivity contribution in [3.05, 3.63) is 60.2 Å². The Morgan fingerprint density at radius 2 is 1.81 bits per heavy atom. The minimum Gasteiger partial charge on any atom is -0.457 e. The molecular formula is C24H30N2O4S. The van der Waals surface area contributed by atoms with Crippen LogP contribution in [0.5, 0.6) is 11.5 Å². The zero-order valence-corrected chi connectivity index (χ0v) is 18.7. The van der Waals surface area contributed by atoms with E-state index < -0.39 is 10.0 Å². The normalized spacial score (nSPS) is 21.6. The van der Waals surface area contributed by atoms with E-state index in [1.807, 2.05) is 59.5 Å². The van der Waals surface area contributed by atoms with Gasteiger partial charge < -0.3 is 9.64 Å². The number of amides is 1. The summed E-state index contributed by atoms with van der Waals surface area (Å²) in [6.07, 6.45) is 4.20. The molecule has 0 aromatic heterocycles. The van der Waals surface area contributed by atoms with Gasteiger partial charge >= 0.3 is 0 Å². The van der Waals surface area contributed by atoms with Gasteiger partial charge in [-0.25, -0.2) is 13.1 Å². The molecule has 6 nitrogen and oxygen atoms in total. The van der Waals surface area contributed by atoms with Gasteiger partial charge in [-0.1, -0.05) is 36.8 Å². The second-order valence-electron chi connectivity index (χ2n) is 8.41. The molecule has 1 heterocycles. The highest BCUT2D eigenvalue weighted by atomic mass is 32.2. The summed E-state index contributed by atoms with van der Waals surface area (Å²) in [6.45, 7) is 2.23. The van der Waals surface area contributed by atoms with Crippen molar-refractivity contribution in [1.82, 2.24) is 9.62 Å². The van der Waals surface area contributed by atoms with E-state index in [9.17, 15) is 13.2 Å². The van der Waals surface area contributed by atoms with Crippen molar-refractivity contribution in [3.63, 3.8) is 0 Å². The van der Waals surface area contributed by atoms with E-state index in [1.54, 1.807) is 6.92 Å². The highest BCUT2D eigenvalue weighted by Gasteiger charge is 2.41. The molecule has 0 spiro atoms. The number of sulfonamides is 1. The third kappa shape index (κ3) is 5.28. The van der Waals surface area contributed by atoms with Gasteiger partial charge in [0.15, 0.2) is 0 Å². The molecule has 1 amide bonds. The quantitative estimate of drug-likeness (QED) is 0.676. The molecule has 1 saturated heterocycles. The highest BCUT2D eigenvalue weighted by Crippen LogP contribution is 2.33. The van der Waals surface area contributed by atoms with Crippen molar-refractivity contribution in [3.8, 4) is 11.5 Å². The van der Waals surface area contributed by atoms with Gasteiger partial charge in [0, 0.05) is 18.5 Å². The Bertz CT molecular complexity index is 1010. The maximum absolute atomic E-state index is 13.0. The minimum atomic E-state index is -3.35. The predicted molar refractivity (Wildman–Crippen MR) is 121 cm³/mol. The van der Waals surface area contributed by atoms with Crippen LogP contribution in [0.2, 0.25) is 0 Å². The molecule has 1 saturated carbocycles. The summed E-state index contributed by atoms with van der Waals surface area (Å²) in [7, 11) is -3.35. The molecule has 1 aliphatic heterocycles. The van der Waals surface area contributed by atoms with Crippen LogP contribution in [-0.2, 0) is 21.2 Å². The fourth-order valence-corrected chi connectivity index (χ4v) is 5.23. The molecule has 2 aromatic rings. The largest absolute Gasteiger partial charge is 0.457 e. The second kappa shape index (κ2) is 9.40. The molecular weight excluding hydrogens is 412 g/mol. The lowest BCUT2D eigenvalue weighted by atomic mass is 9.84. The van der Waals surface area contributed by atoms with Gasteiger partial charge in [0.2, 0.25) is 15.9 Å². The van der Waals surface area contributed by atoms with Crippen LogP contribution in [0.3, 0.4) is 0 Å². The van der Waals surface area contributed by atoms with E-state index in [-0.39, 0.29) is 29.7 Å². The lowest BCUT2D eigenvalue weighted by molar-refractivity contribution is -0.139. The molecule has 0 bridgehead atoms. The van der Waals surface area contributed by atoms with Crippen LogP contribution in [0.1, 0.15) is 38.2 Å². The molecule has 2 fully saturated rings. The summed E-state index contributed by atoms with van der Waals surface area (Å²) in [5, 5.41) is 0. The number of para-hydroxylation sites is 1. The Balaban J connectivity index is 1.54. The molecule has 1 N–H and O–H groups in total. The van der Waals surface area contributed by atoms with E-state index in [1.165, 1.54) is 0 Å². The molecule has 1 aliphatic carbocycles. The number of nitrogens with one attached hydrogen (secondary N) is 1. The van der Waals surface area contributed by atoms with Crippen molar-refractivity contribution in [2.24, 2.45) is 5.92 Å². The second-order valence-corrected chi connectivity index (χ2v) is 10.5. The molecule has 31 heavy (non-hydrogen) atoms. The van der Waals surface area contributed by atoms with Crippen LogP contribution in [0.15, 0.2) is 54.6 Å². The highest BCUT2D eigenvalue weighted by molar-refractivity contribution is 7.89. The number of carbonyl (C=O) groups is 1. The minimum absolute atomic E-state index is 0.0349. The fourth-order valence-electron chi connectivity index (χ4n) is 4.32. The SMILES string of the molecule is CCS(=O)(=O)N[C@@H]1CCN(C(=O)C2CCC2)[C@@H]1Cc1cccc(Oc2ccccc2)c1. The van der Waals surface area contributed by atoms with Crippen molar-refractivity contribution in [2.75, 3.05) is 12.3 Å². The molecule has 4 rings (SSSR count). The Morgan fingerprint density at radius 1 is 1.06 bits per heavy atom. The van der Waals surface area contributed by atoms with E-state index in [0.29, 0.717) is 19.4 Å². The summed E-state index contributed by atoms with van der Waals surface area (Å²) in [4.78, 5) is 15.0. The van der Waals surface area contributed by atoms with Gasteiger partial charge in [0.1, 0.15) is 11.5 Å². The smallest absolute Gasteiger partial charge is 0.225 e. The van der Waals surface area contributed by atoms with Gasteiger partial charge in [-0.05, 0) is 62.4 Å². The summed E-state index contributed by atoms with van der Waals surface area (Å²) in [5.74, 6) is 1.79.